The second-order valence-corrected chi connectivity index (χ2v) is 5.51. The highest BCUT2D eigenvalue weighted by atomic mass is 32.2. The molecule has 0 radical (unpaired) electrons. The second kappa shape index (κ2) is 4.31. The summed E-state index contributed by atoms with van der Waals surface area (Å²) in [6.07, 6.45) is -3.12. The summed E-state index contributed by atoms with van der Waals surface area (Å²) < 4.78 is 36.0. The van der Waals surface area contributed by atoms with Crippen LogP contribution in [0.4, 0.5) is 13.2 Å². The van der Waals surface area contributed by atoms with Crippen molar-refractivity contribution in [2.24, 2.45) is 5.41 Å². The summed E-state index contributed by atoms with van der Waals surface area (Å²) in [7, 11) is 0. The predicted octanol–water partition coefficient (Wildman–Crippen LogP) is 2.67. The maximum atomic E-state index is 12.0. The lowest BCUT2D eigenvalue weighted by Gasteiger charge is -2.39. The highest BCUT2D eigenvalue weighted by Crippen LogP contribution is 2.34. The largest absolute Gasteiger partial charge is 0.401 e. The Morgan fingerprint density at radius 2 is 2.07 bits per heavy atom. The summed E-state index contributed by atoms with van der Waals surface area (Å²) >= 11 is 1.73. The van der Waals surface area contributed by atoms with Crippen LogP contribution in [0.1, 0.15) is 20.3 Å². The smallest absolute Gasteiger partial charge is 0.305 e. The minimum Gasteiger partial charge on any atom is -0.305 e. The molecular weight excluding hydrogens is 211 g/mol. The molecule has 1 rings (SSSR count). The van der Waals surface area contributed by atoms with E-state index in [0.29, 0.717) is 0 Å². The van der Waals surface area contributed by atoms with Crippen LogP contribution in [0.3, 0.4) is 0 Å². The van der Waals surface area contributed by atoms with Crippen molar-refractivity contribution in [3.63, 3.8) is 0 Å². The molecule has 0 aromatic heterocycles. The van der Waals surface area contributed by atoms with Gasteiger partial charge in [-0.25, -0.2) is 0 Å². The molecule has 1 unspecified atom stereocenters. The first-order valence-corrected chi connectivity index (χ1v) is 5.85. The van der Waals surface area contributed by atoms with Gasteiger partial charge in [-0.15, -0.1) is 0 Å². The van der Waals surface area contributed by atoms with Crippen molar-refractivity contribution in [2.45, 2.75) is 32.5 Å². The molecule has 0 spiro atoms. The van der Waals surface area contributed by atoms with E-state index in [0.717, 1.165) is 17.9 Å². The fourth-order valence-electron chi connectivity index (χ4n) is 1.51. The van der Waals surface area contributed by atoms with Crippen LogP contribution in [0.5, 0.6) is 0 Å². The average molecular weight is 227 g/mol. The molecule has 5 heteroatoms. The number of alkyl halides is 3. The van der Waals surface area contributed by atoms with Crippen molar-refractivity contribution in [3.8, 4) is 0 Å². The zero-order valence-electron chi connectivity index (χ0n) is 8.45. The lowest BCUT2D eigenvalue weighted by Crippen LogP contribution is -2.49. The van der Waals surface area contributed by atoms with Gasteiger partial charge in [0.2, 0.25) is 0 Å². The summed E-state index contributed by atoms with van der Waals surface area (Å²) in [4.78, 5) is 0. The van der Waals surface area contributed by atoms with Crippen molar-refractivity contribution in [3.05, 3.63) is 0 Å². The van der Waals surface area contributed by atoms with Crippen LogP contribution in [-0.4, -0.2) is 30.3 Å². The van der Waals surface area contributed by atoms with Crippen LogP contribution in [0.25, 0.3) is 0 Å². The summed E-state index contributed by atoms with van der Waals surface area (Å²) in [6.45, 7) is 3.18. The zero-order valence-corrected chi connectivity index (χ0v) is 9.26. The molecule has 1 nitrogen and oxygen atoms in total. The first kappa shape index (κ1) is 12.2. The molecule has 0 aromatic rings. The topological polar surface area (TPSA) is 12.0 Å². The van der Waals surface area contributed by atoms with Crippen molar-refractivity contribution in [2.75, 3.05) is 18.1 Å². The minimum atomic E-state index is -4.10. The van der Waals surface area contributed by atoms with Gasteiger partial charge in [-0.2, -0.15) is 24.9 Å². The van der Waals surface area contributed by atoms with Gasteiger partial charge in [-0.3, -0.25) is 0 Å². The fraction of sp³-hybridized carbons (Fsp3) is 1.00. The van der Waals surface area contributed by atoms with Crippen molar-refractivity contribution >= 4 is 11.8 Å². The monoisotopic (exact) mass is 227 g/mol. The van der Waals surface area contributed by atoms with Gasteiger partial charge in [0, 0.05) is 11.8 Å². The lowest BCUT2D eigenvalue weighted by molar-refractivity contribution is -0.127. The lowest BCUT2D eigenvalue weighted by atomic mass is 9.82. The van der Waals surface area contributed by atoms with Crippen molar-refractivity contribution < 1.29 is 13.2 Å². The molecule has 1 saturated heterocycles. The van der Waals surface area contributed by atoms with Gasteiger partial charge in [0.05, 0.1) is 6.54 Å². The van der Waals surface area contributed by atoms with Gasteiger partial charge in [-0.1, -0.05) is 13.8 Å². The second-order valence-electron chi connectivity index (χ2n) is 4.36. The average Bonchev–Trinajstić information content (AvgIpc) is 2.00. The standard InChI is InChI=1S/C9H16F3NS/c1-8(2)3-4-14-5-7(8)13-6-9(10,11)12/h7,13H,3-6H2,1-2H3. The van der Waals surface area contributed by atoms with E-state index in [9.17, 15) is 13.2 Å². The van der Waals surface area contributed by atoms with E-state index < -0.39 is 12.7 Å². The number of hydrogen-bond acceptors (Lipinski definition) is 2. The van der Waals surface area contributed by atoms with Gasteiger partial charge < -0.3 is 5.32 Å². The van der Waals surface area contributed by atoms with E-state index >= 15 is 0 Å². The molecule has 1 aliphatic heterocycles. The van der Waals surface area contributed by atoms with Crippen molar-refractivity contribution in [1.82, 2.24) is 5.32 Å². The molecule has 1 fully saturated rings. The number of thioether (sulfide) groups is 1. The maximum absolute atomic E-state index is 12.0. The van der Waals surface area contributed by atoms with Crippen LogP contribution in [0.15, 0.2) is 0 Å². The first-order valence-electron chi connectivity index (χ1n) is 4.69. The third-order valence-corrected chi connectivity index (χ3v) is 3.73. The number of halogens is 3. The molecule has 0 saturated carbocycles. The van der Waals surface area contributed by atoms with E-state index in [4.69, 9.17) is 0 Å². The van der Waals surface area contributed by atoms with Crippen LogP contribution >= 0.6 is 11.8 Å². The fourth-order valence-corrected chi connectivity index (χ4v) is 3.15. The summed E-state index contributed by atoms with van der Waals surface area (Å²) in [5.74, 6) is 1.83. The van der Waals surface area contributed by atoms with Gasteiger partial charge >= 0.3 is 6.18 Å². The Morgan fingerprint density at radius 3 is 2.57 bits per heavy atom. The summed E-state index contributed by atoms with van der Waals surface area (Å²) in [6, 6.07) is -0.0251. The van der Waals surface area contributed by atoms with Crippen molar-refractivity contribution in [1.29, 1.82) is 0 Å². The van der Waals surface area contributed by atoms with Crippen LogP contribution < -0.4 is 5.32 Å². The molecule has 1 aliphatic rings. The third-order valence-electron chi connectivity index (χ3n) is 2.67. The van der Waals surface area contributed by atoms with E-state index in [2.05, 4.69) is 5.32 Å². The van der Waals surface area contributed by atoms with Crippen LogP contribution in [0, 0.1) is 5.41 Å². The molecule has 0 amide bonds. The molecule has 0 aliphatic carbocycles. The van der Waals surface area contributed by atoms with Gasteiger partial charge in [0.25, 0.3) is 0 Å². The van der Waals surface area contributed by atoms with Gasteiger partial charge in [0.15, 0.2) is 0 Å². The van der Waals surface area contributed by atoms with Gasteiger partial charge in [-0.05, 0) is 17.6 Å². The SMILES string of the molecule is CC1(C)CCSCC1NCC(F)(F)F. The molecule has 0 aromatic carbocycles. The van der Waals surface area contributed by atoms with E-state index in [1.807, 2.05) is 13.8 Å². The zero-order chi connectivity index (χ0) is 10.8. The Hall–Kier alpha value is 0.100. The highest BCUT2D eigenvalue weighted by molar-refractivity contribution is 7.99. The van der Waals surface area contributed by atoms with E-state index in [1.165, 1.54) is 0 Å². The quantitative estimate of drug-likeness (QED) is 0.778. The number of nitrogens with one attached hydrogen (secondary N) is 1. The number of hydrogen-bond donors (Lipinski definition) is 1. The van der Waals surface area contributed by atoms with E-state index in [1.54, 1.807) is 11.8 Å². The Balaban J connectivity index is 2.42. The molecule has 1 heterocycles. The molecule has 1 atom stereocenters. The van der Waals surface area contributed by atoms with E-state index in [-0.39, 0.29) is 11.5 Å². The maximum Gasteiger partial charge on any atom is 0.401 e. The Bertz CT molecular complexity index is 191. The normalized spacial score (nSPS) is 27.6. The van der Waals surface area contributed by atoms with Crippen LogP contribution in [-0.2, 0) is 0 Å². The predicted molar refractivity (Wildman–Crippen MR) is 53.6 cm³/mol. The Morgan fingerprint density at radius 1 is 1.43 bits per heavy atom. The summed E-state index contributed by atoms with van der Waals surface area (Å²) in [5, 5.41) is 2.61. The first-order chi connectivity index (χ1) is 6.31. The molecule has 84 valence electrons. The van der Waals surface area contributed by atoms with Gasteiger partial charge in [0.1, 0.15) is 0 Å². The Kier molecular flexibility index (Phi) is 3.75. The van der Waals surface area contributed by atoms with Crippen LogP contribution in [0.2, 0.25) is 0 Å². The number of rotatable bonds is 2. The summed E-state index contributed by atoms with van der Waals surface area (Å²) in [5.41, 5.74) is -0.0174. The molecule has 1 N–H and O–H groups in total. The molecule has 0 bridgehead atoms. The Labute approximate surface area is 86.8 Å². The molecular formula is C9H16F3NS. The third kappa shape index (κ3) is 3.69. The minimum absolute atomic E-state index is 0.0174. The molecule has 14 heavy (non-hydrogen) atoms. The highest BCUT2D eigenvalue weighted by Gasteiger charge is 2.35.